The van der Waals surface area contributed by atoms with Crippen LogP contribution in [0.1, 0.15) is 24.9 Å². The number of aryl methyl sites for hydroxylation is 1. The lowest BCUT2D eigenvalue weighted by Crippen LogP contribution is -2.47. The summed E-state index contributed by atoms with van der Waals surface area (Å²) in [6.07, 6.45) is 5.08. The number of rotatable bonds is 7. The number of amides is 2. The van der Waals surface area contributed by atoms with Crippen molar-refractivity contribution in [3.8, 4) is 0 Å². The molecule has 0 aliphatic heterocycles. The van der Waals surface area contributed by atoms with Crippen LogP contribution in [0.2, 0.25) is 0 Å². The summed E-state index contributed by atoms with van der Waals surface area (Å²) in [6.45, 7) is 3.27. The number of hydrazine groups is 1. The summed E-state index contributed by atoms with van der Waals surface area (Å²) in [4.78, 5) is 27.9. The van der Waals surface area contributed by atoms with Gasteiger partial charge in [0.1, 0.15) is 0 Å². The molecule has 146 valence electrons. The predicted molar refractivity (Wildman–Crippen MR) is 98.8 cm³/mol. The standard InChI is InChI=1S/C17H23N5O4S/c1-13-4-6-15(7-5-13)27(25,26)21(3)11-17(24)20-19-16(23)10-14(2)22-9-8-18-12-22/h4-9,12,14H,10-11H2,1-3H3,(H,19,23)(H,20,24)/t14-/m0/s1. The van der Waals surface area contributed by atoms with E-state index < -0.39 is 28.4 Å². The third-order valence-electron chi connectivity index (χ3n) is 3.95. The summed E-state index contributed by atoms with van der Waals surface area (Å²) >= 11 is 0. The van der Waals surface area contributed by atoms with Gasteiger partial charge in [0.15, 0.2) is 0 Å². The van der Waals surface area contributed by atoms with Gasteiger partial charge in [-0.15, -0.1) is 0 Å². The first-order valence-corrected chi connectivity index (χ1v) is 9.72. The van der Waals surface area contributed by atoms with E-state index in [0.29, 0.717) is 0 Å². The van der Waals surface area contributed by atoms with Crippen molar-refractivity contribution >= 4 is 21.8 Å². The van der Waals surface area contributed by atoms with Gasteiger partial charge in [-0.05, 0) is 26.0 Å². The van der Waals surface area contributed by atoms with E-state index in [1.54, 1.807) is 35.4 Å². The van der Waals surface area contributed by atoms with Crippen LogP contribution in [0.3, 0.4) is 0 Å². The van der Waals surface area contributed by atoms with Gasteiger partial charge in [-0.25, -0.2) is 13.4 Å². The molecule has 0 aliphatic carbocycles. The van der Waals surface area contributed by atoms with Gasteiger partial charge in [-0.3, -0.25) is 20.4 Å². The van der Waals surface area contributed by atoms with E-state index >= 15 is 0 Å². The Bertz CT molecular complexity index is 879. The topological polar surface area (TPSA) is 113 Å². The number of nitrogens with one attached hydrogen (secondary N) is 2. The quantitative estimate of drug-likeness (QED) is 0.669. The number of sulfonamides is 1. The summed E-state index contributed by atoms with van der Waals surface area (Å²) < 4.78 is 27.6. The van der Waals surface area contributed by atoms with Crippen molar-refractivity contribution in [1.29, 1.82) is 0 Å². The fourth-order valence-corrected chi connectivity index (χ4v) is 3.44. The highest BCUT2D eigenvalue weighted by Gasteiger charge is 2.23. The Kier molecular flexibility index (Phi) is 6.70. The van der Waals surface area contributed by atoms with Crippen LogP contribution in [0.5, 0.6) is 0 Å². The van der Waals surface area contributed by atoms with Gasteiger partial charge >= 0.3 is 0 Å². The monoisotopic (exact) mass is 393 g/mol. The van der Waals surface area contributed by atoms with E-state index in [4.69, 9.17) is 0 Å². The number of hydrogen-bond donors (Lipinski definition) is 2. The molecule has 2 rings (SSSR count). The van der Waals surface area contributed by atoms with E-state index in [9.17, 15) is 18.0 Å². The summed E-state index contributed by atoms with van der Waals surface area (Å²) in [7, 11) is -2.49. The number of carbonyl (C=O) groups excluding carboxylic acids is 2. The van der Waals surface area contributed by atoms with E-state index in [2.05, 4.69) is 15.8 Å². The molecule has 9 nitrogen and oxygen atoms in total. The number of nitrogens with zero attached hydrogens (tertiary/aromatic N) is 3. The summed E-state index contributed by atoms with van der Waals surface area (Å²) in [5.41, 5.74) is 5.45. The molecule has 0 bridgehead atoms. The molecule has 2 aromatic rings. The van der Waals surface area contributed by atoms with E-state index in [1.165, 1.54) is 19.2 Å². The zero-order valence-electron chi connectivity index (χ0n) is 15.4. The Morgan fingerprint density at radius 1 is 1.19 bits per heavy atom. The lowest BCUT2D eigenvalue weighted by molar-refractivity contribution is -0.129. The van der Waals surface area contributed by atoms with Crippen LogP contribution in [0.25, 0.3) is 0 Å². The molecule has 0 aliphatic rings. The van der Waals surface area contributed by atoms with Gasteiger partial charge in [0.05, 0.1) is 17.8 Å². The van der Waals surface area contributed by atoms with Crippen LogP contribution in [-0.4, -0.2) is 47.7 Å². The highest BCUT2D eigenvalue weighted by molar-refractivity contribution is 7.89. The Labute approximate surface area is 158 Å². The third kappa shape index (κ3) is 5.63. The van der Waals surface area contributed by atoms with Crippen molar-refractivity contribution in [1.82, 2.24) is 24.7 Å². The van der Waals surface area contributed by atoms with E-state index in [-0.39, 0.29) is 17.4 Å². The molecule has 2 amide bonds. The van der Waals surface area contributed by atoms with Gasteiger partial charge in [0.2, 0.25) is 15.9 Å². The maximum Gasteiger partial charge on any atom is 0.253 e. The predicted octanol–water partition coefficient (Wildman–Crippen LogP) is 0.611. The smallest absolute Gasteiger partial charge is 0.253 e. The Balaban J connectivity index is 1.84. The highest BCUT2D eigenvalue weighted by Crippen LogP contribution is 2.14. The fourth-order valence-electron chi connectivity index (χ4n) is 2.31. The molecule has 0 saturated carbocycles. The first-order chi connectivity index (χ1) is 12.7. The highest BCUT2D eigenvalue weighted by atomic mass is 32.2. The van der Waals surface area contributed by atoms with Crippen LogP contribution in [-0.2, 0) is 19.6 Å². The van der Waals surface area contributed by atoms with Crippen LogP contribution >= 0.6 is 0 Å². The number of imidazole rings is 1. The number of hydrogen-bond acceptors (Lipinski definition) is 5. The molecule has 0 fully saturated rings. The molecule has 0 radical (unpaired) electrons. The molecule has 2 N–H and O–H groups in total. The van der Waals surface area contributed by atoms with E-state index in [1.807, 2.05) is 13.8 Å². The number of likely N-dealkylation sites (N-methyl/N-ethyl adjacent to an activating group) is 1. The maximum absolute atomic E-state index is 12.4. The molecule has 1 aromatic carbocycles. The molecular formula is C17H23N5O4S. The van der Waals surface area contributed by atoms with Crippen molar-refractivity contribution in [2.45, 2.75) is 31.2 Å². The second-order valence-corrected chi connectivity index (χ2v) is 8.28. The largest absolute Gasteiger partial charge is 0.334 e. The lowest BCUT2D eigenvalue weighted by atomic mass is 10.2. The van der Waals surface area contributed by atoms with E-state index in [0.717, 1.165) is 9.87 Å². The SMILES string of the molecule is Cc1ccc(S(=O)(=O)N(C)CC(=O)NNC(=O)C[C@H](C)n2ccnc2)cc1. The molecule has 1 heterocycles. The van der Waals surface area contributed by atoms with Crippen LogP contribution in [0.15, 0.2) is 47.9 Å². The molecule has 27 heavy (non-hydrogen) atoms. The van der Waals surface area contributed by atoms with Crippen molar-refractivity contribution in [2.75, 3.05) is 13.6 Å². The Hall–Kier alpha value is -2.72. The van der Waals surface area contributed by atoms with Crippen molar-refractivity contribution in [3.05, 3.63) is 48.5 Å². The zero-order chi connectivity index (χ0) is 20.0. The first kappa shape index (κ1) is 20.6. The maximum atomic E-state index is 12.4. The minimum absolute atomic E-state index is 0.0987. The molecule has 1 aromatic heterocycles. The van der Waals surface area contributed by atoms with Gasteiger partial charge in [-0.2, -0.15) is 4.31 Å². The zero-order valence-corrected chi connectivity index (χ0v) is 16.2. The molecule has 0 unspecified atom stereocenters. The Morgan fingerprint density at radius 3 is 2.41 bits per heavy atom. The third-order valence-corrected chi connectivity index (χ3v) is 5.77. The minimum Gasteiger partial charge on any atom is -0.334 e. The van der Waals surface area contributed by atoms with Gasteiger partial charge in [0, 0.05) is 31.9 Å². The average molecular weight is 393 g/mol. The summed E-state index contributed by atoms with van der Waals surface area (Å²) in [5.74, 6) is -1.04. The van der Waals surface area contributed by atoms with Crippen LogP contribution < -0.4 is 10.9 Å². The second-order valence-electron chi connectivity index (χ2n) is 6.23. The molecular weight excluding hydrogens is 370 g/mol. The number of aromatic nitrogens is 2. The average Bonchev–Trinajstić information content (AvgIpc) is 3.15. The van der Waals surface area contributed by atoms with Gasteiger partial charge in [-0.1, -0.05) is 17.7 Å². The van der Waals surface area contributed by atoms with Gasteiger partial charge in [0.25, 0.3) is 5.91 Å². The first-order valence-electron chi connectivity index (χ1n) is 8.28. The van der Waals surface area contributed by atoms with Crippen molar-refractivity contribution in [3.63, 3.8) is 0 Å². The number of carbonyl (C=O) groups is 2. The summed E-state index contributed by atoms with van der Waals surface area (Å²) in [6, 6.07) is 6.20. The number of benzene rings is 1. The lowest BCUT2D eigenvalue weighted by Gasteiger charge is -2.17. The van der Waals surface area contributed by atoms with Crippen molar-refractivity contribution in [2.24, 2.45) is 0 Å². The van der Waals surface area contributed by atoms with Crippen molar-refractivity contribution < 1.29 is 18.0 Å². The van der Waals surface area contributed by atoms with Crippen LogP contribution in [0, 0.1) is 6.92 Å². The molecule has 1 atom stereocenters. The summed E-state index contributed by atoms with van der Waals surface area (Å²) in [5, 5.41) is 0. The Morgan fingerprint density at radius 2 is 1.81 bits per heavy atom. The molecule has 10 heteroatoms. The van der Waals surface area contributed by atoms with Crippen LogP contribution in [0.4, 0.5) is 0 Å². The molecule has 0 spiro atoms. The second kappa shape index (κ2) is 8.78. The molecule has 0 saturated heterocycles. The van der Waals surface area contributed by atoms with Gasteiger partial charge < -0.3 is 4.57 Å². The minimum atomic E-state index is -3.79. The normalized spacial score (nSPS) is 12.6. The fraction of sp³-hybridized carbons (Fsp3) is 0.353.